The van der Waals surface area contributed by atoms with Gasteiger partial charge in [-0.05, 0) is 5.92 Å². The maximum absolute atomic E-state index is 11.8. The van der Waals surface area contributed by atoms with Crippen molar-refractivity contribution in [3.05, 3.63) is 0 Å². The van der Waals surface area contributed by atoms with Crippen molar-refractivity contribution in [3.8, 4) is 0 Å². The van der Waals surface area contributed by atoms with Crippen molar-refractivity contribution >= 4 is 5.97 Å². The molecular weight excluding hydrogens is 368 g/mol. The molecule has 8 atom stereocenters. The van der Waals surface area contributed by atoms with Gasteiger partial charge >= 0.3 is 5.97 Å². The van der Waals surface area contributed by atoms with Gasteiger partial charge in [0.25, 0.3) is 0 Å². The summed E-state index contributed by atoms with van der Waals surface area (Å²) in [5.74, 6) is -0.626. The number of hydrogen-bond acceptors (Lipinski definition) is 11. The summed E-state index contributed by atoms with van der Waals surface area (Å²) in [7, 11) is 0. The lowest BCUT2D eigenvalue weighted by Crippen LogP contribution is -2.60. The normalized spacial score (nSPS) is 42.5. The Hall–Kier alpha value is -0.890. The molecule has 27 heavy (non-hydrogen) atoms. The minimum Gasteiger partial charge on any atom is -0.433 e. The molecule has 0 aliphatic carbocycles. The molecule has 2 fully saturated rings. The second kappa shape index (κ2) is 9.07. The Morgan fingerprint density at radius 3 is 2.37 bits per heavy atom. The number of rotatable bonds is 7. The van der Waals surface area contributed by atoms with E-state index in [0.717, 1.165) is 0 Å². The predicted octanol–water partition coefficient (Wildman–Crippen LogP) is -3.16. The third kappa shape index (κ3) is 5.13. The van der Waals surface area contributed by atoms with Crippen molar-refractivity contribution in [1.82, 2.24) is 0 Å². The molecule has 0 aromatic heterocycles. The van der Waals surface area contributed by atoms with Gasteiger partial charge in [-0.2, -0.15) is 0 Å². The van der Waals surface area contributed by atoms with Gasteiger partial charge < -0.3 is 49.6 Å². The summed E-state index contributed by atoms with van der Waals surface area (Å²) in [6.45, 7) is 2.09. The Labute approximate surface area is 156 Å². The van der Waals surface area contributed by atoms with E-state index in [1.54, 1.807) is 13.8 Å². The number of carbonyl (C=O) groups is 1. The third-order valence-electron chi connectivity index (χ3n) is 4.50. The van der Waals surface area contributed by atoms with Crippen LogP contribution in [0.3, 0.4) is 0 Å². The van der Waals surface area contributed by atoms with Crippen molar-refractivity contribution in [2.45, 2.75) is 69.0 Å². The van der Waals surface area contributed by atoms with Crippen LogP contribution in [0.15, 0.2) is 0 Å². The van der Waals surface area contributed by atoms with Crippen LogP contribution in [0, 0.1) is 5.92 Å². The Kier molecular flexibility index (Phi) is 7.53. The number of esters is 1. The molecule has 2 aliphatic heterocycles. The molecule has 2 aliphatic rings. The molecule has 2 saturated heterocycles. The summed E-state index contributed by atoms with van der Waals surface area (Å²) >= 11 is 0. The largest absolute Gasteiger partial charge is 0.433 e. The molecule has 11 heteroatoms. The lowest BCUT2D eigenvalue weighted by molar-refractivity contribution is -0.301. The van der Waals surface area contributed by atoms with Gasteiger partial charge in [-0.25, -0.2) is 0 Å². The average molecular weight is 396 g/mol. The summed E-state index contributed by atoms with van der Waals surface area (Å²) in [4.78, 5) is 11.8. The molecule has 2 heterocycles. The van der Waals surface area contributed by atoms with E-state index in [2.05, 4.69) is 0 Å². The Bertz CT molecular complexity index is 501. The number of aliphatic hydroxyl groups excluding tert-OH is 5. The van der Waals surface area contributed by atoms with E-state index in [4.69, 9.17) is 24.1 Å². The highest BCUT2D eigenvalue weighted by molar-refractivity contribution is 5.69. The molecule has 0 aromatic carbocycles. The molecule has 158 valence electrons. The molecule has 1 unspecified atom stereocenters. The summed E-state index contributed by atoms with van der Waals surface area (Å²) < 4.78 is 20.7. The topological polar surface area (TPSA) is 175 Å². The SMILES string of the molecule is CC(C)CC(=O)O[C@@H]1O[C@H](CO[C@@H]2OCC(O)(CO)[C@@H]2O)[C@@H](O)[C@@H](O)[C@H]1O. The number of aliphatic hydroxyl groups is 6. The lowest BCUT2D eigenvalue weighted by Gasteiger charge is -2.40. The summed E-state index contributed by atoms with van der Waals surface area (Å²) in [5.41, 5.74) is -1.87. The molecule has 0 aromatic rings. The molecular formula is C16H28O11. The van der Waals surface area contributed by atoms with E-state index in [1.165, 1.54) is 0 Å². The van der Waals surface area contributed by atoms with E-state index in [0.29, 0.717) is 0 Å². The maximum atomic E-state index is 11.8. The van der Waals surface area contributed by atoms with Crippen LogP contribution < -0.4 is 0 Å². The van der Waals surface area contributed by atoms with Crippen molar-refractivity contribution in [2.24, 2.45) is 5.92 Å². The number of ether oxygens (including phenoxy) is 4. The third-order valence-corrected chi connectivity index (χ3v) is 4.50. The van der Waals surface area contributed by atoms with Crippen LogP contribution in [-0.4, -0.2) is 105 Å². The van der Waals surface area contributed by atoms with Gasteiger partial charge in [0.05, 0.1) is 19.8 Å². The van der Waals surface area contributed by atoms with Gasteiger partial charge in [0, 0.05) is 6.42 Å². The zero-order chi connectivity index (χ0) is 20.4. The Balaban J connectivity index is 1.94. The monoisotopic (exact) mass is 396 g/mol. The molecule has 0 radical (unpaired) electrons. The first kappa shape index (κ1) is 22.4. The Morgan fingerprint density at radius 2 is 1.81 bits per heavy atom. The van der Waals surface area contributed by atoms with Crippen molar-refractivity contribution < 1.29 is 54.4 Å². The van der Waals surface area contributed by atoms with Gasteiger partial charge in [0.2, 0.25) is 6.29 Å². The van der Waals surface area contributed by atoms with Crippen LogP contribution in [0.2, 0.25) is 0 Å². The van der Waals surface area contributed by atoms with Crippen LogP contribution in [0.5, 0.6) is 0 Å². The number of hydrogen-bond donors (Lipinski definition) is 6. The second-order valence-electron chi connectivity index (χ2n) is 7.32. The van der Waals surface area contributed by atoms with Crippen LogP contribution in [0.1, 0.15) is 20.3 Å². The quantitative estimate of drug-likeness (QED) is 0.240. The van der Waals surface area contributed by atoms with Crippen molar-refractivity contribution in [3.63, 3.8) is 0 Å². The minimum atomic E-state index is -1.87. The van der Waals surface area contributed by atoms with Crippen LogP contribution in [0.25, 0.3) is 0 Å². The van der Waals surface area contributed by atoms with Crippen LogP contribution in [0.4, 0.5) is 0 Å². The zero-order valence-corrected chi connectivity index (χ0v) is 15.2. The standard InChI is InChI=1S/C16H28O11/c1-7(2)3-9(18)27-14-12(21)11(20)10(19)8(26-14)4-24-15-13(22)16(23,5-17)6-25-15/h7-8,10-15,17,19-23H,3-6H2,1-2H3/t8-,10-,11-,12-,13-,14+,15-,16?/m1/s1. The van der Waals surface area contributed by atoms with Crippen LogP contribution >= 0.6 is 0 Å². The fraction of sp³-hybridized carbons (Fsp3) is 0.938. The fourth-order valence-corrected chi connectivity index (χ4v) is 2.79. The molecule has 0 spiro atoms. The minimum absolute atomic E-state index is 0.0131. The van der Waals surface area contributed by atoms with E-state index in [1.807, 2.05) is 0 Å². The maximum Gasteiger partial charge on any atom is 0.308 e. The molecule has 2 rings (SSSR count). The lowest BCUT2D eigenvalue weighted by atomic mass is 9.99. The van der Waals surface area contributed by atoms with Gasteiger partial charge in [0.1, 0.15) is 36.1 Å². The number of carbonyl (C=O) groups excluding carboxylic acids is 1. The predicted molar refractivity (Wildman–Crippen MR) is 86.0 cm³/mol. The first-order valence-corrected chi connectivity index (χ1v) is 8.72. The fourth-order valence-electron chi connectivity index (χ4n) is 2.79. The van der Waals surface area contributed by atoms with E-state index in [-0.39, 0.29) is 18.9 Å². The van der Waals surface area contributed by atoms with Crippen molar-refractivity contribution in [2.75, 3.05) is 19.8 Å². The van der Waals surface area contributed by atoms with E-state index < -0.39 is 67.9 Å². The van der Waals surface area contributed by atoms with Crippen LogP contribution in [-0.2, 0) is 23.7 Å². The van der Waals surface area contributed by atoms with E-state index in [9.17, 15) is 30.3 Å². The first-order chi connectivity index (χ1) is 12.6. The molecule has 0 amide bonds. The molecule has 6 N–H and O–H groups in total. The summed E-state index contributed by atoms with van der Waals surface area (Å²) in [5, 5.41) is 58.9. The summed E-state index contributed by atoms with van der Waals surface area (Å²) in [6.07, 6.45) is -10.4. The highest BCUT2D eigenvalue weighted by Crippen LogP contribution is 2.27. The molecule has 0 bridgehead atoms. The smallest absolute Gasteiger partial charge is 0.308 e. The molecule has 0 saturated carbocycles. The van der Waals surface area contributed by atoms with Crippen molar-refractivity contribution in [1.29, 1.82) is 0 Å². The highest BCUT2D eigenvalue weighted by atomic mass is 16.7. The van der Waals surface area contributed by atoms with Gasteiger partial charge in [-0.1, -0.05) is 13.8 Å². The highest BCUT2D eigenvalue weighted by Gasteiger charge is 2.50. The average Bonchev–Trinajstić information content (AvgIpc) is 2.89. The Morgan fingerprint density at radius 1 is 1.15 bits per heavy atom. The zero-order valence-electron chi connectivity index (χ0n) is 15.2. The molecule has 11 nitrogen and oxygen atoms in total. The summed E-state index contributed by atoms with van der Waals surface area (Å²) in [6, 6.07) is 0. The van der Waals surface area contributed by atoms with Gasteiger partial charge in [-0.3, -0.25) is 4.79 Å². The van der Waals surface area contributed by atoms with E-state index >= 15 is 0 Å². The first-order valence-electron chi connectivity index (χ1n) is 8.72. The van der Waals surface area contributed by atoms with Gasteiger partial charge in [0.15, 0.2) is 6.29 Å². The second-order valence-corrected chi connectivity index (χ2v) is 7.32. The van der Waals surface area contributed by atoms with Gasteiger partial charge in [-0.15, -0.1) is 0 Å².